The van der Waals surface area contributed by atoms with E-state index in [1.165, 1.54) is 0 Å². The van der Waals surface area contributed by atoms with Crippen molar-refractivity contribution in [2.45, 2.75) is 25.8 Å². The van der Waals surface area contributed by atoms with Gasteiger partial charge in [0.1, 0.15) is 0 Å². The minimum Gasteiger partial charge on any atom is -0.383 e. The van der Waals surface area contributed by atoms with Crippen LogP contribution in [0.1, 0.15) is 19.8 Å². The Hall–Kier alpha value is -0.570. The van der Waals surface area contributed by atoms with Gasteiger partial charge in [0.15, 0.2) is 0 Å². The van der Waals surface area contributed by atoms with E-state index in [4.69, 9.17) is 4.74 Å². The largest absolute Gasteiger partial charge is 0.383 e. The number of carbonyl (C=O) groups excluding carboxylic acids is 1. The summed E-state index contributed by atoms with van der Waals surface area (Å²) in [7, 11) is 1.68. The van der Waals surface area contributed by atoms with Gasteiger partial charge in [-0.05, 0) is 12.8 Å². The highest BCUT2D eigenvalue weighted by Gasteiger charge is 2.25. The lowest BCUT2D eigenvalue weighted by Gasteiger charge is -2.22. The van der Waals surface area contributed by atoms with Gasteiger partial charge in [0.25, 0.3) is 0 Å². The van der Waals surface area contributed by atoms with Gasteiger partial charge in [-0.25, -0.2) is 0 Å². The van der Waals surface area contributed by atoms with Crippen LogP contribution in [-0.4, -0.2) is 37.1 Å². The van der Waals surface area contributed by atoms with Crippen LogP contribution in [0.3, 0.4) is 0 Å². The molecule has 1 fully saturated rings. The monoisotopic (exact) mass is 157 g/mol. The molecule has 0 aromatic rings. The van der Waals surface area contributed by atoms with E-state index >= 15 is 0 Å². The maximum Gasteiger partial charge on any atom is 0.219 e. The number of likely N-dealkylation sites (tertiary alicyclic amines) is 1. The summed E-state index contributed by atoms with van der Waals surface area (Å²) in [5.74, 6) is 0.171. The van der Waals surface area contributed by atoms with Gasteiger partial charge in [0.2, 0.25) is 5.91 Å². The Morgan fingerprint density at radius 2 is 2.45 bits per heavy atom. The van der Waals surface area contributed by atoms with Gasteiger partial charge in [-0.2, -0.15) is 0 Å². The summed E-state index contributed by atoms with van der Waals surface area (Å²) in [5, 5.41) is 0. The molecule has 11 heavy (non-hydrogen) atoms. The van der Waals surface area contributed by atoms with Gasteiger partial charge in [-0.15, -0.1) is 0 Å². The molecule has 1 aliphatic rings. The molecular formula is C8H15NO2. The molecular weight excluding hydrogens is 142 g/mol. The Morgan fingerprint density at radius 1 is 1.73 bits per heavy atom. The summed E-state index contributed by atoms with van der Waals surface area (Å²) in [6.07, 6.45) is 2.21. The Kier molecular flexibility index (Phi) is 2.88. The zero-order valence-corrected chi connectivity index (χ0v) is 7.17. The van der Waals surface area contributed by atoms with Crippen molar-refractivity contribution in [1.82, 2.24) is 4.90 Å². The maximum atomic E-state index is 11.0. The van der Waals surface area contributed by atoms with Gasteiger partial charge >= 0.3 is 0 Å². The van der Waals surface area contributed by atoms with Crippen molar-refractivity contribution in [3.8, 4) is 0 Å². The van der Waals surface area contributed by atoms with Crippen LogP contribution in [0.5, 0.6) is 0 Å². The van der Waals surface area contributed by atoms with Crippen LogP contribution in [0.2, 0.25) is 0 Å². The van der Waals surface area contributed by atoms with E-state index in [1.54, 1.807) is 14.0 Å². The molecule has 0 unspecified atom stereocenters. The quantitative estimate of drug-likeness (QED) is 0.589. The third kappa shape index (κ3) is 1.93. The van der Waals surface area contributed by atoms with Crippen LogP contribution in [0.4, 0.5) is 0 Å². The first kappa shape index (κ1) is 8.53. The average molecular weight is 157 g/mol. The number of nitrogens with zero attached hydrogens (tertiary/aromatic N) is 1. The zero-order chi connectivity index (χ0) is 8.27. The first-order valence-corrected chi connectivity index (χ1v) is 4.02. The first-order chi connectivity index (χ1) is 5.25. The molecule has 3 heteroatoms. The maximum absolute atomic E-state index is 11.0. The van der Waals surface area contributed by atoms with Gasteiger partial charge in [0.05, 0.1) is 12.6 Å². The highest BCUT2D eigenvalue weighted by Crippen LogP contribution is 2.16. The Balaban J connectivity index is 2.44. The predicted molar refractivity (Wildman–Crippen MR) is 42.3 cm³/mol. The summed E-state index contributed by atoms with van der Waals surface area (Å²) in [4.78, 5) is 12.9. The lowest BCUT2D eigenvalue weighted by atomic mass is 10.2. The fourth-order valence-corrected chi connectivity index (χ4v) is 1.62. The molecule has 1 aliphatic heterocycles. The minimum atomic E-state index is 0.171. The summed E-state index contributed by atoms with van der Waals surface area (Å²) in [6.45, 7) is 3.21. The van der Waals surface area contributed by atoms with Crippen LogP contribution in [0.15, 0.2) is 0 Å². The van der Waals surface area contributed by atoms with E-state index in [-0.39, 0.29) is 5.91 Å². The van der Waals surface area contributed by atoms with Crippen LogP contribution in [0, 0.1) is 0 Å². The van der Waals surface area contributed by atoms with Crippen LogP contribution >= 0.6 is 0 Å². The SMILES string of the molecule is COC[C@H]1CCCN1C(C)=O. The molecule has 1 amide bonds. The van der Waals surface area contributed by atoms with Crippen LogP contribution in [0.25, 0.3) is 0 Å². The van der Waals surface area contributed by atoms with Crippen molar-refractivity contribution in [3.05, 3.63) is 0 Å². The van der Waals surface area contributed by atoms with E-state index in [1.807, 2.05) is 4.90 Å². The van der Waals surface area contributed by atoms with E-state index < -0.39 is 0 Å². The van der Waals surface area contributed by atoms with E-state index in [0.717, 1.165) is 19.4 Å². The molecule has 64 valence electrons. The molecule has 0 saturated carbocycles. The van der Waals surface area contributed by atoms with Gasteiger partial charge in [-0.3, -0.25) is 4.79 Å². The second-order valence-electron chi connectivity index (χ2n) is 2.96. The molecule has 1 atom stereocenters. The summed E-state index contributed by atoms with van der Waals surface area (Å²) in [6, 6.07) is 0.331. The molecule has 3 nitrogen and oxygen atoms in total. The fourth-order valence-electron chi connectivity index (χ4n) is 1.62. The molecule has 1 saturated heterocycles. The third-order valence-corrected chi connectivity index (χ3v) is 2.14. The van der Waals surface area contributed by atoms with Gasteiger partial charge < -0.3 is 9.64 Å². The molecule has 0 radical (unpaired) electrons. The highest BCUT2D eigenvalue weighted by atomic mass is 16.5. The molecule has 1 rings (SSSR count). The topological polar surface area (TPSA) is 29.5 Å². The van der Waals surface area contributed by atoms with Crippen molar-refractivity contribution in [2.75, 3.05) is 20.3 Å². The molecule has 0 aliphatic carbocycles. The Labute approximate surface area is 67.3 Å². The smallest absolute Gasteiger partial charge is 0.219 e. The minimum absolute atomic E-state index is 0.171. The predicted octanol–water partition coefficient (Wildman–Crippen LogP) is 0.644. The molecule has 1 heterocycles. The molecule has 0 aromatic carbocycles. The molecule has 0 aromatic heterocycles. The number of methoxy groups -OCH3 is 1. The second-order valence-corrected chi connectivity index (χ2v) is 2.96. The zero-order valence-electron chi connectivity index (χ0n) is 7.17. The normalized spacial score (nSPS) is 24.2. The van der Waals surface area contributed by atoms with E-state index in [0.29, 0.717) is 12.6 Å². The Morgan fingerprint density at radius 3 is 3.00 bits per heavy atom. The Bertz CT molecular complexity index is 147. The highest BCUT2D eigenvalue weighted by molar-refractivity contribution is 5.73. The van der Waals surface area contributed by atoms with E-state index in [2.05, 4.69) is 0 Å². The number of carbonyl (C=O) groups is 1. The van der Waals surface area contributed by atoms with Crippen LogP contribution in [-0.2, 0) is 9.53 Å². The summed E-state index contributed by atoms with van der Waals surface area (Å²) >= 11 is 0. The number of rotatable bonds is 2. The lowest BCUT2D eigenvalue weighted by Crippen LogP contribution is -2.36. The first-order valence-electron chi connectivity index (χ1n) is 4.02. The third-order valence-electron chi connectivity index (χ3n) is 2.14. The van der Waals surface area contributed by atoms with Gasteiger partial charge in [0, 0.05) is 20.6 Å². The fraction of sp³-hybridized carbons (Fsp3) is 0.875. The van der Waals surface area contributed by atoms with Crippen molar-refractivity contribution >= 4 is 5.91 Å². The van der Waals surface area contributed by atoms with Crippen molar-refractivity contribution in [2.24, 2.45) is 0 Å². The van der Waals surface area contributed by atoms with Crippen molar-refractivity contribution < 1.29 is 9.53 Å². The lowest BCUT2D eigenvalue weighted by molar-refractivity contribution is -0.130. The number of ether oxygens (including phenoxy) is 1. The summed E-state index contributed by atoms with van der Waals surface area (Å²) in [5.41, 5.74) is 0. The second kappa shape index (κ2) is 3.72. The molecule has 0 spiro atoms. The molecule has 0 N–H and O–H groups in total. The van der Waals surface area contributed by atoms with E-state index in [9.17, 15) is 4.79 Å². The summed E-state index contributed by atoms with van der Waals surface area (Å²) < 4.78 is 5.01. The number of hydrogen-bond acceptors (Lipinski definition) is 2. The number of hydrogen-bond donors (Lipinski definition) is 0. The standard InChI is InChI=1S/C8H15NO2/c1-7(10)9-5-3-4-8(9)6-11-2/h8H,3-6H2,1-2H3/t8-/m1/s1. The number of amides is 1. The van der Waals surface area contributed by atoms with Gasteiger partial charge in [-0.1, -0.05) is 0 Å². The van der Waals surface area contributed by atoms with Crippen LogP contribution < -0.4 is 0 Å². The van der Waals surface area contributed by atoms with Crippen molar-refractivity contribution in [3.63, 3.8) is 0 Å². The molecule has 0 bridgehead atoms. The average Bonchev–Trinajstić information content (AvgIpc) is 2.36. The van der Waals surface area contributed by atoms with Crippen molar-refractivity contribution in [1.29, 1.82) is 0 Å².